The Balaban J connectivity index is 1.59. The molecule has 2 aromatic heterocycles. The van der Waals surface area contributed by atoms with Gasteiger partial charge in [0.1, 0.15) is 0 Å². The highest BCUT2D eigenvalue weighted by Gasteiger charge is 2.24. The number of hydrogen-bond donors (Lipinski definition) is 1. The van der Waals surface area contributed by atoms with Crippen molar-refractivity contribution in [3.05, 3.63) is 50.7 Å². The number of nitrogens with one attached hydrogen (secondary N) is 1. The Hall–Kier alpha value is -3.40. The predicted octanol–water partition coefficient (Wildman–Crippen LogP) is 1.74. The van der Waals surface area contributed by atoms with E-state index in [-0.39, 0.29) is 34.6 Å². The second kappa shape index (κ2) is 10.3. The van der Waals surface area contributed by atoms with Crippen LogP contribution in [0.1, 0.15) is 55.9 Å². The van der Waals surface area contributed by atoms with Crippen LogP contribution >= 0.6 is 0 Å². The van der Waals surface area contributed by atoms with Crippen LogP contribution in [0.2, 0.25) is 0 Å². The van der Waals surface area contributed by atoms with Gasteiger partial charge < -0.3 is 10.2 Å². The Morgan fingerprint density at radius 3 is 2.41 bits per heavy atom. The Morgan fingerprint density at radius 2 is 1.76 bits per heavy atom. The minimum atomic E-state index is -0.491. The number of fused-ring (bicyclic) bond motifs is 1. The van der Waals surface area contributed by atoms with Crippen LogP contribution in [0.15, 0.2) is 33.9 Å². The summed E-state index contributed by atoms with van der Waals surface area (Å²) in [5, 5.41) is 11.4. The van der Waals surface area contributed by atoms with Crippen molar-refractivity contribution in [1.29, 1.82) is 0 Å². The van der Waals surface area contributed by atoms with Gasteiger partial charge in [0.25, 0.3) is 11.5 Å². The molecule has 1 saturated carbocycles. The molecule has 0 saturated heterocycles. The van der Waals surface area contributed by atoms with Crippen molar-refractivity contribution in [2.24, 2.45) is 7.05 Å². The third-order valence-electron chi connectivity index (χ3n) is 6.60. The summed E-state index contributed by atoms with van der Waals surface area (Å²) in [4.78, 5) is 44.7. The number of carbonyl (C=O) groups excluding carboxylic acids is 1. The monoisotopic (exact) mass is 465 g/mol. The summed E-state index contributed by atoms with van der Waals surface area (Å²) >= 11 is 0. The van der Waals surface area contributed by atoms with Crippen LogP contribution in [0.4, 0.5) is 0 Å². The second-order valence-corrected chi connectivity index (χ2v) is 8.62. The maximum Gasteiger partial charge on any atom is 0.332 e. The van der Waals surface area contributed by atoms with E-state index in [9.17, 15) is 14.4 Å². The predicted molar refractivity (Wildman–Crippen MR) is 130 cm³/mol. The molecule has 0 atom stereocenters. The van der Waals surface area contributed by atoms with Crippen LogP contribution in [0.5, 0.6) is 0 Å². The van der Waals surface area contributed by atoms with Gasteiger partial charge in [0.2, 0.25) is 0 Å². The van der Waals surface area contributed by atoms with Gasteiger partial charge in [0.05, 0.1) is 0 Å². The lowest BCUT2D eigenvalue weighted by Gasteiger charge is -2.18. The number of hydrogen-bond acceptors (Lipinski definition) is 7. The fraction of sp³-hybridized carbons (Fsp3) is 0.500. The van der Waals surface area contributed by atoms with E-state index in [0.29, 0.717) is 17.7 Å². The molecule has 1 amide bonds. The first-order valence-corrected chi connectivity index (χ1v) is 11.9. The van der Waals surface area contributed by atoms with Gasteiger partial charge in [0.15, 0.2) is 17.0 Å². The normalized spacial score (nSPS) is 14.2. The maximum atomic E-state index is 12.8. The fourth-order valence-corrected chi connectivity index (χ4v) is 4.48. The first-order valence-electron chi connectivity index (χ1n) is 11.9. The third-order valence-corrected chi connectivity index (χ3v) is 6.60. The smallest absolute Gasteiger partial charge is 0.332 e. The highest BCUT2D eigenvalue weighted by molar-refractivity contribution is 5.94. The minimum absolute atomic E-state index is 0.00303. The van der Waals surface area contributed by atoms with Gasteiger partial charge in [-0.15, -0.1) is 10.2 Å². The van der Waals surface area contributed by atoms with Gasteiger partial charge in [-0.25, -0.2) is 9.78 Å². The zero-order valence-electron chi connectivity index (χ0n) is 20.0. The molecular formula is C24H31N7O3. The van der Waals surface area contributed by atoms with E-state index in [1.54, 1.807) is 28.8 Å². The third kappa shape index (κ3) is 4.63. The van der Waals surface area contributed by atoms with Crippen molar-refractivity contribution in [3.63, 3.8) is 0 Å². The Kier molecular flexibility index (Phi) is 7.16. The Morgan fingerprint density at radius 1 is 1.09 bits per heavy atom. The summed E-state index contributed by atoms with van der Waals surface area (Å²) in [5.74, 6) is 0.125. The molecule has 3 aromatic rings. The second-order valence-electron chi connectivity index (χ2n) is 8.62. The zero-order chi connectivity index (χ0) is 24.2. The van der Waals surface area contributed by atoms with E-state index in [0.717, 1.165) is 49.9 Å². The van der Waals surface area contributed by atoms with Crippen LogP contribution in [0.25, 0.3) is 22.6 Å². The number of likely N-dealkylation sites (N-methyl/N-ethyl adjacent to an activating group) is 1. The Bertz CT molecular complexity index is 1290. The first-order chi connectivity index (χ1) is 16.4. The van der Waals surface area contributed by atoms with E-state index in [2.05, 4.69) is 39.2 Å². The van der Waals surface area contributed by atoms with Crippen molar-refractivity contribution in [3.8, 4) is 11.4 Å². The summed E-state index contributed by atoms with van der Waals surface area (Å²) in [6.07, 6.45) is 3.82. The lowest BCUT2D eigenvalue weighted by molar-refractivity contribution is 0.0949. The molecule has 34 heavy (non-hydrogen) atoms. The van der Waals surface area contributed by atoms with Crippen LogP contribution in [-0.2, 0) is 7.05 Å². The molecule has 2 heterocycles. The maximum absolute atomic E-state index is 12.8. The van der Waals surface area contributed by atoms with E-state index in [1.807, 2.05) is 0 Å². The molecule has 10 heteroatoms. The molecule has 0 spiro atoms. The molecule has 4 rings (SSSR count). The number of benzene rings is 1. The lowest BCUT2D eigenvalue weighted by Crippen LogP contribution is -2.40. The number of rotatable bonds is 8. The number of amides is 1. The summed E-state index contributed by atoms with van der Waals surface area (Å²) < 4.78 is 2.66. The SMILES string of the molecule is CCN(CC)CCNC(=O)c1ccc(-c2nnc3c(n2)c(=O)n(C)c(=O)n3C2CCCC2)cc1. The van der Waals surface area contributed by atoms with Gasteiger partial charge in [0, 0.05) is 37.3 Å². The molecule has 0 radical (unpaired) electrons. The van der Waals surface area contributed by atoms with Crippen molar-refractivity contribution in [2.45, 2.75) is 45.6 Å². The summed E-state index contributed by atoms with van der Waals surface area (Å²) in [5.41, 5.74) is 0.641. The molecule has 1 aliphatic rings. The summed E-state index contributed by atoms with van der Waals surface area (Å²) in [7, 11) is 1.46. The molecule has 1 fully saturated rings. The standard InChI is InChI=1S/C24H31N7O3/c1-4-30(5-2)15-14-25-22(32)17-12-10-16(11-13-17)20-26-19-21(28-27-20)31(18-8-6-7-9-18)24(34)29(3)23(19)33/h10-13,18H,4-9,14-15H2,1-3H3,(H,25,32). The van der Waals surface area contributed by atoms with Crippen molar-refractivity contribution in [1.82, 2.24) is 34.5 Å². The minimum Gasteiger partial charge on any atom is -0.351 e. The summed E-state index contributed by atoms with van der Waals surface area (Å²) in [6, 6.07) is 6.88. The van der Waals surface area contributed by atoms with Gasteiger partial charge in [-0.3, -0.25) is 18.7 Å². The number of carbonyl (C=O) groups is 1. The van der Waals surface area contributed by atoms with E-state index < -0.39 is 5.56 Å². The quantitative estimate of drug-likeness (QED) is 0.539. The van der Waals surface area contributed by atoms with Gasteiger partial charge in [-0.2, -0.15) is 0 Å². The number of nitrogens with zero attached hydrogens (tertiary/aromatic N) is 6. The van der Waals surface area contributed by atoms with Crippen LogP contribution < -0.4 is 16.6 Å². The molecule has 1 N–H and O–H groups in total. The van der Waals surface area contributed by atoms with Gasteiger partial charge in [-0.1, -0.05) is 38.8 Å². The zero-order valence-corrected chi connectivity index (χ0v) is 20.0. The van der Waals surface area contributed by atoms with E-state index in [1.165, 1.54) is 7.05 Å². The molecule has 180 valence electrons. The molecule has 1 aromatic carbocycles. The highest BCUT2D eigenvalue weighted by atomic mass is 16.2. The average molecular weight is 466 g/mol. The largest absolute Gasteiger partial charge is 0.351 e. The lowest BCUT2D eigenvalue weighted by atomic mass is 10.1. The average Bonchev–Trinajstić information content (AvgIpc) is 3.40. The molecule has 0 aliphatic heterocycles. The van der Waals surface area contributed by atoms with Crippen molar-refractivity contribution in [2.75, 3.05) is 26.2 Å². The topological polar surface area (TPSA) is 115 Å². The van der Waals surface area contributed by atoms with Crippen LogP contribution in [0.3, 0.4) is 0 Å². The van der Waals surface area contributed by atoms with Crippen LogP contribution in [0, 0.1) is 0 Å². The van der Waals surface area contributed by atoms with E-state index in [4.69, 9.17) is 0 Å². The molecule has 10 nitrogen and oxygen atoms in total. The van der Waals surface area contributed by atoms with Crippen molar-refractivity contribution >= 4 is 17.1 Å². The molecular weight excluding hydrogens is 434 g/mol. The van der Waals surface area contributed by atoms with Gasteiger partial charge in [-0.05, 0) is 38.1 Å². The van der Waals surface area contributed by atoms with Gasteiger partial charge >= 0.3 is 5.69 Å². The highest BCUT2D eigenvalue weighted by Crippen LogP contribution is 2.29. The number of aromatic nitrogens is 5. The van der Waals surface area contributed by atoms with Crippen LogP contribution in [-0.4, -0.2) is 61.3 Å². The molecule has 0 unspecified atom stereocenters. The van der Waals surface area contributed by atoms with E-state index >= 15 is 0 Å². The first kappa shape index (κ1) is 23.7. The summed E-state index contributed by atoms with van der Waals surface area (Å²) in [6.45, 7) is 7.45. The van der Waals surface area contributed by atoms with Crippen molar-refractivity contribution < 1.29 is 4.79 Å². The fourth-order valence-electron chi connectivity index (χ4n) is 4.48. The molecule has 1 aliphatic carbocycles. The molecule has 0 bridgehead atoms. The Labute approximate surface area is 197 Å².